The number of nitrogens with one attached hydrogen (secondary N) is 1. The predicted octanol–water partition coefficient (Wildman–Crippen LogP) is 4.66. The summed E-state index contributed by atoms with van der Waals surface area (Å²) in [6, 6.07) is 5.94. The van der Waals surface area contributed by atoms with Crippen molar-refractivity contribution in [2.75, 3.05) is 18.5 Å². The number of hydrogen-bond acceptors (Lipinski definition) is 8. The Hall–Kier alpha value is -2.34. The number of ether oxygens (including phenoxy) is 1. The van der Waals surface area contributed by atoms with Gasteiger partial charge in [-0.15, -0.1) is 11.3 Å². The molecule has 1 unspecified atom stereocenters. The van der Waals surface area contributed by atoms with E-state index >= 15 is 0 Å². The molecule has 1 fully saturated rings. The molecule has 1 amide bonds. The number of aromatic nitrogens is 1. The van der Waals surface area contributed by atoms with E-state index in [-0.39, 0.29) is 22.8 Å². The SMILES string of the molecule is CCOC(=O)c1sc2nc(NC(=O)c3ccc(S(=O)(=O)N4CCCCC4C)cc3)sc2c1C. The van der Waals surface area contributed by atoms with Crippen LogP contribution < -0.4 is 5.32 Å². The summed E-state index contributed by atoms with van der Waals surface area (Å²) >= 11 is 2.52. The highest BCUT2D eigenvalue weighted by Crippen LogP contribution is 2.37. The molecule has 1 aromatic carbocycles. The minimum atomic E-state index is -3.59. The number of benzene rings is 1. The van der Waals surface area contributed by atoms with Gasteiger partial charge in [-0.1, -0.05) is 17.8 Å². The molecule has 3 heterocycles. The Labute approximate surface area is 200 Å². The van der Waals surface area contributed by atoms with Crippen LogP contribution in [0.5, 0.6) is 0 Å². The van der Waals surface area contributed by atoms with Gasteiger partial charge in [0.1, 0.15) is 9.71 Å². The summed E-state index contributed by atoms with van der Waals surface area (Å²) in [4.78, 5) is 30.5. The third kappa shape index (κ3) is 4.68. The second-order valence-corrected chi connectivity index (χ2v) is 11.8. The molecule has 0 saturated carbocycles. The highest BCUT2D eigenvalue weighted by atomic mass is 32.2. The minimum absolute atomic E-state index is 0.0294. The fourth-order valence-electron chi connectivity index (χ4n) is 3.85. The quantitative estimate of drug-likeness (QED) is 0.487. The van der Waals surface area contributed by atoms with Crippen LogP contribution in [0.25, 0.3) is 9.53 Å². The molecular weight excluding hydrogens is 482 g/mol. The first-order valence-corrected chi connectivity index (χ1v) is 13.8. The molecule has 0 radical (unpaired) electrons. The summed E-state index contributed by atoms with van der Waals surface area (Å²) in [5.74, 6) is -0.750. The van der Waals surface area contributed by atoms with Crippen molar-refractivity contribution in [3.63, 3.8) is 0 Å². The van der Waals surface area contributed by atoms with Gasteiger partial charge < -0.3 is 4.74 Å². The summed E-state index contributed by atoms with van der Waals surface area (Å²) in [5, 5.41) is 3.18. The molecule has 4 rings (SSSR count). The number of aryl methyl sites for hydroxylation is 1. The largest absolute Gasteiger partial charge is 0.462 e. The molecular formula is C22H25N3O5S3. The maximum absolute atomic E-state index is 13.0. The minimum Gasteiger partial charge on any atom is -0.462 e. The number of carbonyl (C=O) groups excluding carboxylic acids is 2. The standard InChI is InChI=1S/C22H25N3O5S3/c1-4-30-21(27)18-14(3)17-20(31-18)24-22(32-17)23-19(26)15-8-10-16(11-9-15)33(28,29)25-12-6-5-7-13(25)2/h8-11,13H,4-7,12H2,1-3H3,(H,23,24,26). The van der Waals surface area contributed by atoms with E-state index in [1.165, 1.54) is 46.9 Å². The monoisotopic (exact) mass is 507 g/mol. The molecule has 2 aromatic heterocycles. The van der Waals surface area contributed by atoms with E-state index in [4.69, 9.17) is 4.74 Å². The zero-order chi connectivity index (χ0) is 23.8. The average Bonchev–Trinajstić information content (AvgIpc) is 3.32. The number of carbonyl (C=O) groups is 2. The first-order valence-electron chi connectivity index (χ1n) is 10.7. The van der Waals surface area contributed by atoms with Crippen LogP contribution in [0.1, 0.15) is 58.7 Å². The number of piperidine rings is 1. The maximum atomic E-state index is 13.0. The average molecular weight is 508 g/mol. The molecule has 3 aromatic rings. The van der Waals surface area contributed by atoms with Crippen LogP contribution in [0.2, 0.25) is 0 Å². The van der Waals surface area contributed by atoms with Crippen molar-refractivity contribution in [3.05, 3.63) is 40.3 Å². The Morgan fingerprint density at radius 1 is 1.21 bits per heavy atom. The Morgan fingerprint density at radius 2 is 1.94 bits per heavy atom. The Balaban J connectivity index is 1.49. The van der Waals surface area contributed by atoms with Crippen LogP contribution in [0.15, 0.2) is 29.2 Å². The van der Waals surface area contributed by atoms with Crippen LogP contribution in [-0.4, -0.2) is 48.8 Å². The smallest absolute Gasteiger partial charge is 0.348 e. The lowest BCUT2D eigenvalue weighted by atomic mass is 10.1. The Kier molecular flexibility index (Phi) is 6.85. The number of anilines is 1. The molecule has 8 nitrogen and oxygen atoms in total. The number of fused-ring (bicyclic) bond motifs is 1. The van der Waals surface area contributed by atoms with Crippen LogP contribution in [-0.2, 0) is 14.8 Å². The second-order valence-electron chi connectivity index (χ2n) is 7.87. The molecule has 33 heavy (non-hydrogen) atoms. The van der Waals surface area contributed by atoms with Crippen molar-refractivity contribution in [1.82, 2.24) is 9.29 Å². The molecule has 176 valence electrons. The molecule has 1 aliphatic rings. The van der Waals surface area contributed by atoms with E-state index in [1.807, 2.05) is 13.8 Å². The number of hydrogen-bond donors (Lipinski definition) is 1. The van der Waals surface area contributed by atoms with Gasteiger partial charge in [-0.2, -0.15) is 4.31 Å². The van der Waals surface area contributed by atoms with E-state index in [0.717, 1.165) is 29.5 Å². The zero-order valence-corrected chi connectivity index (χ0v) is 21.0. The molecule has 0 bridgehead atoms. The Morgan fingerprint density at radius 3 is 2.58 bits per heavy atom. The van der Waals surface area contributed by atoms with Gasteiger partial charge in [-0.3, -0.25) is 10.1 Å². The fourth-order valence-corrected chi connectivity index (χ4v) is 7.75. The number of esters is 1. The highest BCUT2D eigenvalue weighted by molar-refractivity contribution is 7.89. The van der Waals surface area contributed by atoms with Crippen molar-refractivity contribution >= 4 is 59.2 Å². The molecule has 1 N–H and O–H groups in total. The van der Waals surface area contributed by atoms with Crippen molar-refractivity contribution in [1.29, 1.82) is 0 Å². The molecule has 11 heteroatoms. The summed E-state index contributed by atoms with van der Waals surface area (Å²) in [7, 11) is -3.59. The fraction of sp³-hybridized carbons (Fsp3) is 0.409. The number of thiophene rings is 1. The summed E-state index contributed by atoms with van der Waals surface area (Å²) in [6.07, 6.45) is 2.74. The third-order valence-corrected chi connectivity index (χ3v) is 10.0. The van der Waals surface area contributed by atoms with Gasteiger partial charge in [0.25, 0.3) is 5.91 Å². The van der Waals surface area contributed by atoms with E-state index in [0.29, 0.717) is 33.6 Å². The van der Waals surface area contributed by atoms with E-state index in [9.17, 15) is 18.0 Å². The van der Waals surface area contributed by atoms with Crippen molar-refractivity contribution in [3.8, 4) is 0 Å². The number of thiazole rings is 1. The van der Waals surface area contributed by atoms with Gasteiger partial charge >= 0.3 is 5.97 Å². The predicted molar refractivity (Wildman–Crippen MR) is 130 cm³/mol. The number of rotatable bonds is 6. The number of nitrogens with zero attached hydrogens (tertiary/aromatic N) is 2. The van der Waals surface area contributed by atoms with Gasteiger partial charge in [0.2, 0.25) is 10.0 Å². The molecule has 1 saturated heterocycles. The van der Waals surface area contributed by atoms with Crippen LogP contribution in [0, 0.1) is 6.92 Å². The maximum Gasteiger partial charge on any atom is 0.348 e. The third-order valence-electron chi connectivity index (χ3n) is 5.62. The first kappa shape index (κ1) is 23.8. The summed E-state index contributed by atoms with van der Waals surface area (Å²) < 4.78 is 33.4. The highest BCUT2D eigenvalue weighted by Gasteiger charge is 2.31. The van der Waals surface area contributed by atoms with Gasteiger partial charge in [-0.25, -0.2) is 18.2 Å². The number of amides is 1. The lowest BCUT2D eigenvalue weighted by Crippen LogP contribution is -2.41. The van der Waals surface area contributed by atoms with E-state index < -0.39 is 10.0 Å². The van der Waals surface area contributed by atoms with Crippen molar-refractivity contribution in [2.45, 2.75) is 51.0 Å². The van der Waals surface area contributed by atoms with Gasteiger partial charge in [-0.05, 0) is 63.4 Å². The van der Waals surface area contributed by atoms with Crippen molar-refractivity contribution in [2.24, 2.45) is 0 Å². The van der Waals surface area contributed by atoms with Crippen molar-refractivity contribution < 1.29 is 22.7 Å². The van der Waals surface area contributed by atoms with Crippen LogP contribution >= 0.6 is 22.7 Å². The van der Waals surface area contributed by atoms with Gasteiger partial charge in [0.15, 0.2) is 5.13 Å². The summed E-state index contributed by atoms with van der Waals surface area (Å²) in [6.45, 7) is 6.33. The Bertz CT molecular complexity index is 1290. The lowest BCUT2D eigenvalue weighted by molar-refractivity contribution is 0.0531. The topological polar surface area (TPSA) is 106 Å². The second kappa shape index (κ2) is 9.49. The zero-order valence-electron chi connectivity index (χ0n) is 18.6. The van der Waals surface area contributed by atoms with Crippen LogP contribution in [0.4, 0.5) is 5.13 Å². The number of sulfonamides is 1. The van der Waals surface area contributed by atoms with Gasteiger partial charge in [0, 0.05) is 18.2 Å². The molecule has 0 spiro atoms. The lowest BCUT2D eigenvalue weighted by Gasteiger charge is -2.32. The summed E-state index contributed by atoms with van der Waals surface area (Å²) in [5.41, 5.74) is 1.12. The first-order chi connectivity index (χ1) is 15.7. The molecule has 1 aliphatic heterocycles. The molecule has 1 atom stereocenters. The van der Waals surface area contributed by atoms with Gasteiger partial charge in [0.05, 0.1) is 16.2 Å². The van der Waals surface area contributed by atoms with Crippen LogP contribution in [0.3, 0.4) is 0 Å². The van der Waals surface area contributed by atoms with E-state index in [2.05, 4.69) is 10.3 Å². The normalized spacial score (nSPS) is 17.2. The van der Waals surface area contributed by atoms with E-state index in [1.54, 1.807) is 11.2 Å². The molecule has 0 aliphatic carbocycles.